The Morgan fingerprint density at radius 3 is 2.88 bits per heavy atom. The van der Waals surface area contributed by atoms with Crippen LogP contribution in [0.15, 0.2) is 39.8 Å². The molecular formula is C17H17N5O3. The van der Waals surface area contributed by atoms with Crippen molar-refractivity contribution in [3.63, 3.8) is 0 Å². The molecule has 2 N–H and O–H groups in total. The van der Waals surface area contributed by atoms with Crippen LogP contribution in [0.3, 0.4) is 0 Å². The maximum atomic E-state index is 12.2. The molecule has 0 aliphatic heterocycles. The van der Waals surface area contributed by atoms with Gasteiger partial charge < -0.3 is 14.8 Å². The van der Waals surface area contributed by atoms with Gasteiger partial charge in [0.2, 0.25) is 11.7 Å². The first-order valence-corrected chi connectivity index (χ1v) is 7.77. The Labute approximate surface area is 143 Å². The Kier molecular flexibility index (Phi) is 4.69. The molecule has 25 heavy (non-hydrogen) atoms. The number of rotatable bonds is 5. The van der Waals surface area contributed by atoms with Gasteiger partial charge in [-0.25, -0.2) is 0 Å². The van der Waals surface area contributed by atoms with E-state index in [4.69, 9.17) is 4.52 Å². The Morgan fingerprint density at radius 1 is 1.32 bits per heavy atom. The van der Waals surface area contributed by atoms with Crippen LogP contribution in [-0.2, 0) is 6.42 Å². The van der Waals surface area contributed by atoms with Gasteiger partial charge in [0.05, 0.1) is 0 Å². The third-order valence-electron chi connectivity index (χ3n) is 3.58. The van der Waals surface area contributed by atoms with Gasteiger partial charge in [-0.3, -0.25) is 14.6 Å². The number of nitrogens with zero attached hydrogens (tertiary/aromatic N) is 3. The quantitative estimate of drug-likeness (QED) is 0.726. The van der Waals surface area contributed by atoms with Crippen LogP contribution in [0.1, 0.15) is 27.5 Å². The lowest BCUT2D eigenvalue weighted by Crippen LogP contribution is -2.32. The molecule has 0 saturated heterocycles. The Morgan fingerprint density at radius 2 is 2.16 bits per heavy atom. The number of aromatic nitrogens is 4. The van der Waals surface area contributed by atoms with Crippen molar-refractivity contribution in [2.45, 2.75) is 20.3 Å². The fourth-order valence-corrected chi connectivity index (χ4v) is 2.46. The first kappa shape index (κ1) is 16.6. The third kappa shape index (κ3) is 3.79. The minimum atomic E-state index is -0.428. The molecule has 1 amide bonds. The minimum absolute atomic E-state index is 0.116. The van der Waals surface area contributed by atoms with Crippen molar-refractivity contribution in [3.8, 4) is 11.5 Å². The van der Waals surface area contributed by atoms with Crippen LogP contribution in [0, 0.1) is 13.8 Å². The summed E-state index contributed by atoms with van der Waals surface area (Å²) in [5, 5.41) is 6.56. The monoisotopic (exact) mass is 339 g/mol. The number of carbonyl (C=O) groups is 1. The summed E-state index contributed by atoms with van der Waals surface area (Å²) in [5.74, 6) is 0.353. The van der Waals surface area contributed by atoms with Gasteiger partial charge in [0.1, 0.15) is 11.3 Å². The number of hydrogen-bond acceptors (Lipinski definition) is 6. The van der Waals surface area contributed by atoms with Crippen molar-refractivity contribution in [1.82, 2.24) is 25.4 Å². The zero-order chi connectivity index (χ0) is 17.8. The molecular weight excluding hydrogens is 322 g/mol. The van der Waals surface area contributed by atoms with Gasteiger partial charge in [-0.05, 0) is 37.6 Å². The molecule has 0 aromatic carbocycles. The average Bonchev–Trinajstić information content (AvgIpc) is 3.03. The lowest BCUT2D eigenvalue weighted by molar-refractivity contribution is 0.0951. The Balaban J connectivity index is 1.61. The van der Waals surface area contributed by atoms with Crippen molar-refractivity contribution >= 4 is 5.91 Å². The molecule has 0 aliphatic rings. The molecule has 3 rings (SSSR count). The average molecular weight is 339 g/mol. The highest BCUT2D eigenvalue weighted by Gasteiger charge is 2.15. The van der Waals surface area contributed by atoms with Crippen LogP contribution in [0.5, 0.6) is 0 Å². The van der Waals surface area contributed by atoms with Gasteiger partial charge in [0, 0.05) is 24.9 Å². The Bertz CT molecular complexity index is 946. The summed E-state index contributed by atoms with van der Waals surface area (Å²) in [4.78, 5) is 35.1. The smallest absolute Gasteiger partial charge is 0.261 e. The number of aromatic amines is 1. The molecule has 0 spiro atoms. The normalized spacial score (nSPS) is 10.6. The molecule has 0 unspecified atom stereocenters. The molecule has 0 radical (unpaired) electrons. The van der Waals surface area contributed by atoms with Gasteiger partial charge in [0.15, 0.2) is 0 Å². The number of nitrogens with one attached hydrogen (secondary N) is 2. The predicted octanol–water partition coefficient (Wildman–Crippen LogP) is 1.41. The van der Waals surface area contributed by atoms with E-state index in [0.717, 1.165) is 0 Å². The minimum Gasteiger partial charge on any atom is -0.351 e. The number of carbonyl (C=O) groups excluding carboxylic acids is 1. The van der Waals surface area contributed by atoms with Crippen molar-refractivity contribution in [2.75, 3.05) is 6.54 Å². The topological polar surface area (TPSA) is 114 Å². The summed E-state index contributed by atoms with van der Waals surface area (Å²) in [7, 11) is 0. The predicted molar refractivity (Wildman–Crippen MR) is 90.1 cm³/mol. The van der Waals surface area contributed by atoms with E-state index < -0.39 is 11.5 Å². The molecule has 128 valence electrons. The van der Waals surface area contributed by atoms with Crippen molar-refractivity contribution in [2.24, 2.45) is 0 Å². The summed E-state index contributed by atoms with van der Waals surface area (Å²) in [6, 6.07) is 7.17. The van der Waals surface area contributed by atoms with E-state index in [2.05, 4.69) is 25.4 Å². The molecule has 3 aromatic heterocycles. The van der Waals surface area contributed by atoms with Gasteiger partial charge >= 0.3 is 0 Å². The van der Waals surface area contributed by atoms with E-state index in [1.54, 1.807) is 38.2 Å². The van der Waals surface area contributed by atoms with E-state index in [9.17, 15) is 9.59 Å². The second-order valence-electron chi connectivity index (χ2n) is 5.57. The van der Waals surface area contributed by atoms with E-state index in [-0.39, 0.29) is 12.1 Å². The van der Waals surface area contributed by atoms with Crippen molar-refractivity contribution in [1.29, 1.82) is 0 Å². The molecule has 3 heterocycles. The zero-order valence-electron chi connectivity index (χ0n) is 13.9. The van der Waals surface area contributed by atoms with Crippen LogP contribution in [0.2, 0.25) is 0 Å². The van der Waals surface area contributed by atoms with Crippen LogP contribution < -0.4 is 10.9 Å². The van der Waals surface area contributed by atoms with E-state index in [1.165, 1.54) is 0 Å². The molecule has 0 fully saturated rings. The summed E-state index contributed by atoms with van der Waals surface area (Å²) in [5.41, 5.74) is 1.68. The highest BCUT2D eigenvalue weighted by molar-refractivity contribution is 5.95. The number of hydrogen-bond donors (Lipinski definition) is 2. The summed E-state index contributed by atoms with van der Waals surface area (Å²) < 4.78 is 5.15. The van der Waals surface area contributed by atoms with Crippen LogP contribution in [0.4, 0.5) is 0 Å². The van der Waals surface area contributed by atoms with Gasteiger partial charge in [-0.2, -0.15) is 4.98 Å². The van der Waals surface area contributed by atoms with Gasteiger partial charge in [-0.1, -0.05) is 11.2 Å². The summed E-state index contributed by atoms with van der Waals surface area (Å²) >= 11 is 0. The lowest BCUT2D eigenvalue weighted by Gasteiger charge is -2.06. The van der Waals surface area contributed by atoms with Crippen molar-refractivity contribution in [3.05, 3.63) is 63.5 Å². The first-order valence-electron chi connectivity index (χ1n) is 7.77. The van der Waals surface area contributed by atoms with Gasteiger partial charge in [0.25, 0.3) is 11.5 Å². The van der Waals surface area contributed by atoms with Crippen LogP contribution in [-0.4, -0.2) is 32.6 Å². The first-order chi connectivity index (χ1) is 12.0. The standard InChI is InChI=1S/C17H17N5O3/c1-10-9-11(2)20-17(24)14(10)16(23)19-8-6-13-21-15(22-25-13)12-5-3-4-7-18-12/h3-5,7,9H,6,8H2,1-2H3,(H,19,23)(H,20,24). The highest BCUT2D eigenvalue weighted by atomic mass is 16.5. The lowest BCUT2D eigenvalue weighted by atomic mass is 10.1. The fourth-order valence-electron chi connectivity index (χ4n) is 2.46. The van der Waals surface area contributed by atoms with Crippen LogP contribution in [0.25, 0.3) is 11.5 Å². The maximum Gasteiger partial charge on any atom is 0.261 e. The second-order valence-corrected chi connectivity index (χ2v) is 5.57. The maximum absolute atomic E-state index is 12.2. The SMILES string of the molecule is Cc1cc(C)c(C(=O)NCCc2nc(-c3ccccn3)no2)c(=O)[nH]1. The largest absolute Gasteiger partial charge is 0.351 e. The number of aryl methyl sites for hydroxylation is 2. The Hall–Kier alpha value is -3.29. The van der Waals surface area contributed by atoms with Crippen molar-refractivity contribution < 1.29 is 9.32 Å². The zero-order valence-corrected chi connectivity index (χ0v) is 13.9. The molecule has 0 atom stereocenters. The van der Waals surface area contributed by atoms with E-state index in [0.29, 0.717) is 35.1 Å². The highest BCUT2D eigenvalue weighted by Crippen LogP contribution is 2.11. The number of H-pyrrole nitrogens is 1. The summed E-state index contributed by atoms with van der Waals surface area (Å²) in [6.07, 6.45) is 2.00. The molecule has 0 aliphatic carbocycles. The molecule has 0 saturated carbocycles. The number of pyridine rings is 2. The van der Waals surface area contributed by atoms with Gasteiger partial charge in [-0.15, -0.1) is 0 Å². The molecule has 0 bridgehead atoms. The van der Waals surface area contributed by atoms with E-state index in [1.807, 2.05) is 6.07 Å². The molecule has 3 aromatic rings. The number of amides is 1. The third-order valence-corrected chi connectivity index (χ3v) is 3.58. The summed E-state index contributed by atoms with van der Waals surface area (Å²) in [6.45, 7) is 3.77. The van der Waals surface area contributed by atoms with Crippen LogP contribution >= 0.6 is 0 Å². The fraction of sp³-hybridized carbons (Fsp3) is 0.235. The van der Waals surface area contributed by atoms with E-state index >= 15 is 0 Å². The second kappa shape index (κ2) is 7.08. The molecule has 8 heteroatoms. The molecule has 8 nitrogen and oxygen atoms in total.